The van der Waals surface area contributed by atoms with Crippen molar-refractivity contribution in [2.75, 3.05) is 6.61 Å². The molecule has 0 spiro atoms. The second-order valence-corrected chi connectivity index (χ2v) is 3.58. The number of carbonyl (C=O) groups excluding carboxylic acids is 1. The number of hydrogen-bond acceptors (Lipinski definition) is 2. The number of rotatable bonds is 3. The summed E-state index contributed by atoms with van der Waals surface area (Å²) in [6.45, 7) is 1.82. The molecule has 1 amide bonds. The van der Waals surface area contributed by atoms with Gasteiger partial charge in [0.2, 0.25) is 0 Å². The Labute approximate surface area is 85.0 Å². The maximum Gasteiger partial charge on any atom is 0.255 e. The fourth-order valence-electron chi connectivity index (χ4n) is 0.924. The SMILES string of the molecule is Cc1cc(Br)ccc1OCC(N)=O. The number of halogens is 1. The molecule has 0 bridgehead atoms. The summed E-state index contributed by atoms with van der Waals surface area (Å²) in [6, 6.07) is 5.56. The van der Waals surface area contributed by atoms with Gasteiger partial charge in [0.1, 0.15) is 5.75 Å². The highest BCUT2D eigenvalue weighted by molar-refractivity contribution is 9.10. The van der Waals surface area contributed by atoms with Crippen LogP contribution >= 0.6 is 15.9 Å². The smallest absolute Gasteiger partial charge is 0.255 e. The summed E-state index contributed by atoms with van der Waals surface area (Å²) in [6.07, 6.45) is 0. The maximum absolute atomic E-state index is 10.4. The lowest BCUT2D eigenvalue weighted by Crippen LogP contribution is -2.20. The first-order valence-electron chi connectivity index (χ1n) is 3.77. The lowest BCUT2D eigenvalue weighted by molar-refractivity contribution is -0.119. The van der Waals surface area contributed by atoms with E-state index < -0.39 is 5.91 Å². The standard InChI is InChI=1S/C9H10BrNO2/c1-6-4-7(10)2-3-8(6)13-5-9(11)12/h2-4H,5H2,1H3,(H2,11,12). The van der Waals surface area contributed by atoms with Gasteiger partial charge in [-0.2, -0.15) is 0 Å². The third kappa shape index (κ3) is 3.06. The second kappa shape index (κ2) is 4.28. The third-order valence-corrected chi connectivity index (χ3v) is 2.00. The number of benzene rings is 1. The molecule has 0 aliphatic heterocycles. The molecule has 0 aromatic heterocycles. The molecular formula is C9H10BrNO2. The van der Waals surface area contributed by atoms with Crippen LogP contribution < -0.4 is 10.5 Å². The van der Waals surface area contributed by atoms with Crippen molar-refractivity contribution in [3.63, 3.8) is 0 Å². The topological polar surface area (TPSA) is 52.3 Å². The summed E-state index contributed by atoms with van der Waals surface area (Å²) in [7, 11) is 0. The quantitative estimate of drug-likeness (QED) is 0.878. The van der Waals surface area contributed by atoms with Crippen LogP contribution in [-0.2, 0) is 4.79 Å². The molecular weight excluding hydrogens is 234 g/mol. The van der Waals surface area contributed by atoms with Crippen molar-refractivity contribution in [3.05, 3.63) is 28.2 Å². The summed E-state index contributed by atoms with van der Waals surface area (Å²) in [5, 5.41) is 0. The minimum atomic E-state index is -0.470. The average molecular weight is 244 g/mol. The Morgan fingerprint density at radius 2 is 2.31 bits per heavy atom. The molecule has 1 rings (SSSR count). The Bertz CT molecular complexity index is 325. The van der Waals surface area contributed by atoms with Gasteiger partial charge in [-0.15, -0.1) is 0 Å². The van der Waals surface area contributed by atoms with Crippen molar-refractivity contribution < 1.29 is 9.53 Å². The van der Waals surface area contributed by atoms with E-state index in [1.807, 2.05) is 19.1 Å². The van der Waals surface area contributed by atoms with Crippen molar-refractivity contribution >= 4 is 21.8 Å². The Balaban J connectivity index is 2.72. The second-order valence-electron chi connectivity index (χ2n) is 2.66. The van der Waals surface area contributed by atoms with Crippen LogP contribution in [0.2, 0.25) is 0 Å². The fourth-order valence-corrected chi connectivity index (χ4v) is 1.40. The number of aryl methyl sites for hydroxylation is 1. The van der Waals surface area contributed by atoms with Crippen LogP contribution in [0.25, 0.3) is 0 Å². The fraction of sp³-hybridized carbons (Fsp3) is 0.222. The van der Waals surface area contributed by atoms with E-state index >= 15 is 0 Å². The number of primary amides is 1. The van der Waals surface area contributed by atoms with Crippen LogP contribution in [0, 0.1) is 6.92 Å². The molecule has 1 aromatic rings. The Morgan fingerprint density at radius 1 is 1.62 bits per heavy atom. The van der Waals surface area contributed by atoms with Gasteiger partial charge in [-0.3, -0.25) is 4.79 Å². The van der Waals surface area contributed by atoms with Crippen molar-refractivity contribution in [2.24, 2.45) is 5.73 Å². The normalized spacial score (nSPS) is 9.69. The lowest BCUT2D eigenvalue weighted by Gasteiger charge is -2.06. The van der Waals surface area contributed by atoms with Crippen LogP contribution in [-0.4, -0.2) is 12.5 Å². The number of amides is 1. The van der Waals surface area contributed by atoms with Crippen molar-refractivity contribution in [3.8, 4) is 5.75 Å². The van der Waals surface area contributed by atoms with Crippen LogP contribution in [0.3, 0.4) is 0 Å². The van der Waals surface area contributed by atoms with Gasteiger partial charge in [0, 0.05) is 4.47 Å². The molecule has 0 saturated heterocycles. The predicted molar refractivity (Wildman–Crippen MR) is 53.6 cm³/mol. The van der Waals surface area contributed by atoms with E-state index in [4.69, 9.17) is 10.5 Å². The molecule has 1 aromatic carbocycles. The van der Waals surface area contributed by atoms with Crippen molar-refractivity contribution in [1.82, 2.24) is 0 Å². The van der Waals surface area contributed by atoms with Crippen molar-refractivity contribution in [1.29, 1.82) is 0 Å². The lowest BCUT2D eigenvalue weighted by atomic mass is 10.2. The van der Waals surface area contributed by atoms with Gasteiger partial charge in [-0.1, -0.05) is 15.9 Å². The van der Waals surface area contributed by atoms with Crippen LogP contribution in [0.5, 0.6) is 5.75 Å². The molecule has 4 heteroatoms. The zero-order chi connectivity index (χ0) is 9.84. The summed E-state index contributed by atoms with van der Waals surface area (Å²) >= 11 is 3.33. The van der Waals surface area contributed by atoms with Gasteiger partial charge < -0.3 is 10.5 Å². The molecule has 3 nitrogen and oxygen atoms in total. The molecule has 0 radical (unpaired) electrons. The summed E-state index contributed by atoms with van der Waals surface area (Å²) in [5.41, 5.74) is 5.92. The van der Waals surface area contributed by atoms with Crippen molar-refractivity contribution in [2.45, 2.75) is 6.92 Å². The van der Waals surface area contributed by atoms with Gasteiger partial charge in [0.05, 0.1) is 0 Å². The highest BCUT2D eigenvalue weighted by Gasteiger charge is 2.01. The minimum Gasteiger partial charge on any atom is -0.484 e. The zero-order valence-electron chi connectivity index (χ0n) is 7.21. The number of carbonyl (C=O) groups is 1. The van der Waals surface area contributed by atoms with Gasteiger partial charge in [-0.25, -0.2) is 0 Å². The first kappa shape index (κ1) is 10.1. The summed E-state index contributed by atoms with van der Waals surface area (Å²) in [4.78, 5) is 10.4. The van der Waals surface area contributed by atoms with E-state index in [0.29, 0.717) is 5.75 Å². The van der Waals surface area contributed by atoms with E-state index in [0.717, 1.165) is 10.0 Å². The van der Waals surface area contributed by atoms with Gasteiger partial charge in [-0.05, 0) is 30.7 Å². The van der Waals surface area contributed by atoms with Gasteiger partial charge >= 0.3 is 0 Å². The van der Waals surface area contributed by atoms with Crippen LogP contribution in [0.4, 0.5) is 0 Å². The Kier molecular flexibility index (Phi) is 3.31. The molecule has 13 heavy (non-hydrogen) atoms. The number of ether oxygens (including phenoxy) is 1. The molecule has 0 aliphatic rings. The molecule has 0 atom stereocenters. The van der Waals surface area contributed by atoms with E-state index in [-0.39, 0.29) is 6.61 Å². The first-order valence-corrected chi connectivity index (χ1v) is 4.56. The summed E-state index contributed by atoms with van der Waals surface area (Å²) < 4.78 is 6.14. The van der Waals surface area contributed by atoms with Gasteiger partial charge in [0.25, 0.3) is 5.91 Å². The Hall–Kier alpha value is -1.03. The molecule has 70 valence electrons. The van der Waals surface area contributed by atoms with Crippen LogP contribution in [0.1, 0.15) is 5.56 Å². The highest BCUT2D eigenvalue weighted by Crippen LogP contribution is 2.21. The molecule has 0 aliphatic carbocycles. The highest BCUT2D eigenvalue weighted by atomic mass is 79.9. The molecule has 0 heterocycles. The van der Waals surface area contributed by atoms with E-state index in [2.05, 4.69) is 15.9 Å². The largest absolute Gasteiger partial charge is 0.484 e. The van der Waals surface area contributed by atoms with E-state index in [1.165, 1.54) is 0 Å². The van der Waals surface area contributed by atoms with Gasteiger partial charge in [0.15, 0.2) is 6.61 Å². The van der Waals surface area contributed by atoms with E-state index in [1.54, 1.807) is 6.07 Å². The zero-order valence-corrected chi connectivity index (χ0v) is 8.80. The number of nitrogens with two attached hydrogens (primary N) is 1. The summed E-state index contributed by atoms with van der Waals surface area (Å²) in [5.74, 6) is 0.212. The van der Waals surface area contributed by atoms with Crippen LogP contribution in [0.15, 0.2) is 22.7 Å². The first-order chi connectivity index (χ1) is 6.09. The number of hydrogen-bond donors (Lipinski definition) is 1. The monoisotopic (exact) mass is 243 g/mol. The molecule has 2 N–H and O–H groups in total. The molecule has 0 unspecified atom stereocenters. The molecule has 0 fully saturated rings. The maximum atomic E-state index is 10.4. The Morgan fingerprint density at radius 3 is 2.85 bits per heavy atom. The predicted octanol–water partition coefficient (Wildman–Crippen LogP) is 1.62. The average Bonchev–Trinajstić information content (AvgIpc) is 2.02. The minimum absolute atomic E-state index is 0.0809. The molecule has 0 saturated carbocycles. The third-order valence-electron chi connectivity index (χ3n) is 1.51. The van der Waals surface area contributed by atoms with E-state index in [9.17, 15) is 4.79 Å².